The zero-order chi connectivity index (χ0) is 15.4. The number of halogens is 1. The van der Waals surface area contributed by atoms with E-state index in [-0.39, 0.29) is 17.8 Å². The van der Waals surface area contributed by atoms with Gasteiger partial charge in [0.1, 0.15) is 11.6 Å². The number of amides is 1. The van der Waals surface area contributed by atoms with Crippen molar-refractivity contribution in [1.29, 1.82) is 0 Å². The van der Waals surface area contributed by atoms with Gasteiger partial charge in [0.2, 0.25) is 5.91 Å². The van der Waals surface area contributed by atoms with E-state index in [2.05, 4.69) is 5.32 Å². The van der Waals surface area contributed by atoms with Crippen LogP contribution in [-0.4, -0.2) is 12.5 Å². The van der Waals surface area contributed by atoms with E-state index < -0.39 is 0 Å². The number of rotatable bonds is 3. The van der Waals surface area contributed by atoms with E-state index in [0.717, 1.165) is 17.7 Å². The van der Waals surface area contributed by atoms with Crippen molar-refractivity contribution in [3.63, 3.8) is 0 Å². The minimum atomic E-state index is -0.344. The summed E-state index contributed by atoms with van der Waals surface area (Å²) in [5.41, 5.74) is 1.37. The molecule has 1 amide bonds. The van der Waals surface area contributed by atoms with E-state index >= 15 is 0 Å². The van der Waals surface area contributed by atoms with Crippen LogP contribution in [0.25, 0.3) is 6.08 Å². The van der Waals surface area contributed by atoms with E-state index in [1.807, 2.05) is 24.3 Å². The van der Waals surface area contributed by atoms with Gasteiger partial charge in [-0.05, 0) is 18.2 Å². The van der Waals surface area contributed by atoms with E-state index in [0.29, 0.717) is 12.2 Å². The Bertz CT molecular complexity index is 712. The van der Waals surface area contributed by atoms with Crippen molar-refractivity contribution in [2.24, 2.45) is 0 Å². The third-order valence-electron chi connectivity index (χ3n) is 3.59. The molecule has 3 rings (SSSR count). The number of ether oxygens (including phenoxy) is 1. The molecule has 0 spiro atoms. The predicted octanol–water partition coefficient (Wildman–Crippen LogP) is 3.48. The van der Waals surface area contributed by atoms with Crippen molar-refractivity contribution in [3.8, 4) is 5.75 Å². The maximum Gasteiger partial charge on any atom is 0.244 e. The quantitative estimate of drug-likeness (QED) is 0.881. The molecule has 1 atom stereocenters. The third kappa shape index (κ3) is 3.17. The van der Waals surface area contributed by atoms with Crippen LogP contribution in [0.2, 0.25) is 0 Å². The fourth-order valence-electron chi connectivity index (χ4n) is 2.49. The first-order valence-corrected chi connectivity index (χ1v) is 7.19. The second kappa shape index (κ2) is 6.43. The highest BCUT2D eigenvalue weighted by Gasteiger charge is 2.21. The van der Waals surface area contributed by atoms with Crippen molar-refractivity contribution in [3.05, 3.63) is 71.6 Å². The largest absolute Gasteiger partial charge is 0.493 e. The summed E-state index contributed by atoms with van der Waals surface area (Å²) < 4.78 is 19.1. The summed E-state index contributed by atoms with van der Waals surface area (Å²) in [5, 5.41) is 2.94. The van der Waals surface area contributed by atoms with Gasteiger partial charge in [-0.3, -0.25) is 4.79 Å². The molecule has 22 heavy (non-hydrogen) atoms. The van der Waals surface area contributed by atoms with Crippen LogP contribution in [0.4, 0.5) is 4.39 Å². The third-order valence-corrected chi connectivity index (χ3v) is 3.59. The van der Waals surface area contributed by atoms with Gasteiger partial charge in [0.05, 0.1) is 12.6 Å². The summed E-state index contributed by atoms with van der Waals surface area (Å²) in [4.78, 5) is 12.0. The summed E-state index contributed by atoms with van der Waals surface area (Å²) in [6, 6.07) is 13.9. The smallest absolute Gasteiger partial charge is 0.244 e. The van der Waals surface area contributed by atoms with Gasteiger partial charge < -0.3 is 10.1 Å². The summed E-state index contributed by atoms with van der Waals surface area (Å²) in [7, 11) is 0. The molecule has 0 saturated heterocycles. The Morgan fingerprint density at radius 2 is 1.95 bits per heavy atom. The highest BCUT2D eigenvalue weighted by atomic mass is 19.1. The van der Waals surface area contributed by atoms with Crippen molar-refractivity contribution >= 4 is 12.0 Å². The Balaban J connectivity index is 1.69. The number of nitrogens with one attached hydrogen (secondary N) is 1. The minimum absolute atomic E-state index is 0.0808. The lowest BCUT2D eigenvalue weighted by Crippen LogP contribution is -2.30. The van der Waals surface area contributed by atoms with Gasteiger partial charge in [-0.25, -0.2) is 4.39 Å². The van der Waals surface area contributed by atoms with Crippen LogP contribution in [0.3, 0.4) is 0 Å². The zero-order valence-electron chi connectivity index (χ0n) is 12.0. The first kappa shape index (κ1) is 14.3. The molecule has 0 saturated carbocycles. The lowest BCUT2D eigenvalue weighted by molar-refractivity contribution is -0.117. The molecule has 0 unspecified atom stereocenters. The molecule has 1 aliphatic heterocycles. The molecule has 0 aromatic heterocycles. The highest BCUT2D eigenvalue weighted by molar-refractivity contribution is 5.92. The van der Waals surface area contributed by atoms with Crippen molar-refractivity contribution in [2.45, 2.75) is 12.5 Å². The molecule has 0 radical (unpaired) electrons. The Labute approximate surface area is 128 Å². The summed E-state index contributed by atoms with van der Waals surface area (Å²) in [5.74, 6) is 0.213. The van der Waals surface area contributed by atoms with Crippen LogP contribution >= 0.6 is 0 Å². The van der Waals surface area contributed by atoms with Gasteiger partial charge >= 0.3 is 0 Å². The summed E-state index contributed by atoms with van der Waals surface area (Å²) in [6.45, 7) is 0.568. The predicted molar refractivity (Wildman–Crippen MR) is 82.9 cm³/mol. The zero-order valence-corrected chi connectivity index (χ0v) is 12.0. The second-order valence-corrected chi connectivity index (χ2v) is 5.09. The van der Waals surface area contributed by atoms with Crippen LogP contribution in [0.5, 0.6) is 5.75 Å². The molecule has 1 aliphatic rings. The second-order valence-electron chi connectivity index (χ2n) is 5.09. The van der Waals surface area contributed by atoms with Crippen molar-refractivity contribution < 1.29 is 13.9 Å². The van der Waals surface area contributed by atoms with Gasteiger partial charge in [0, 0.05) is 23.6 Å². The number of para-hydroxylation sites is 1. The molecule has 0 fully saturated rings. The highest BCUT2D eigenvalue weighted by Crippen LogP contribution is 2.31. The van der Waals surface area contributed by atoms with Gasteiger partial charge in [0.15, 0.2) is 0 Å². The number of carbonyl (C=O) groups excluding carboxylic acids is 1. The lowest BCUT2D eigenvalue weighted by Gasteiger charge is -2.26. The Hall–Kier alpha value is -2.62. The monoisotopic (exact) mass is 297 g/mol. The average molecular weight is 297 g/mol. The number of benzene rings is 2. The molecule has 0 aliphatic carbocycles. The van der Waals surface area contributed by atoms with E-state index in [4.69, 9.17) is 4.74 Å². The molecule has 112 valence electrons. The molecule has 1 heterocycles. The maximum absolute atomic E-state index is 13.5. The normalized spacial score (nSPS) is 16.9. The number of carbonyl (C=O) groups is 1. The van der Waals surface area contributed by atoms with Gasteiger partial charge in [-0.1, -0.05) is 36.4 Å². The fraction of sp³-hybridized carbons (Fsp3) is 0.167. The Kier molecular flexibility index (Phi) is 4.19. The van der Waals surface area contributed by atoms with Crippen LogP contribution in [0.1, 0.15) is 23.6 Å². The van der Waals surface area contributed by atoms with E-state index in [1.165, 1.54) is 18.2 Å². The molecule has 0 bridgehead atoms. The van der Waals surface area contributed by atoms with Gasteiger partial charge in [0.25, 0.3) is 0 Å². The van der Waals surface area contributed by atoms with Crippen molar-refractivity contribution in [1.82, 2.24) is 5.32 Å². The van der Waals surface area contributed by atoms with Crippen LogP contribution in [0, 0.1) is 5.82 Å². The van der Waals surface area contributed by atoms with Crippen LogP contribution in [0.15, 0.2) is 54.6 Å². The molecule has 3 nitrogen and oxygen atoms in total. The molecule has 2 aromatic rings. The number of hydrogen-bond donors (Lipinski definition) is 1. The molecule has 2 aromatic carbocycles. The summed E-state index contributed by atoms with van der Waals surface area (Å²) >= 11 is 0. The average Bonchev–Trinajstić information content (AvgIpc) is 2.54. The fourth-order valence-corrected chi connectivity index (χ4v) is 2.49. The van der Waals surface area contributed by atoms with Gasteiger partial charge in [-0.2, -0.15) is 0 Å². The first-order chi connectivity index (χ1) is 10.7. The molecule has 1 N–H and O–H groups in total. The van der Waals surface area contributed by atoms with E-state index in [1.54, 1.807) is 18.2 Å². The molecular formula is C18H16FNO2. The molecule has 4 heteroatoms. The van der Waals surface area contributed by atoms with Crippen LogP contribution < -0.4 is 10.1 Å². The van der Waals surface area contributed by atoms with Crippen molar-refractivity contribution in [2.75, 3.05) is 6.61 Å². The molecular weight excluding hydrogens is 281 g/mol. The maximum atomic E-state index is 13.5. The number of hydrogen-bond acceptors (Lipinski definition) is 2. The topological polar surface area (TPSA) is 38.3 Å². The first-order valence-electron chi connectivity index (χ1n) is 7.19. The van der Waals surface area contributed by atoms with Crippen LogP contribution in [-0.2, 0) is 4.79 Å². The van der Waals surface area contributed by atoms with E-state index in [9.17, 15) is 9.18 Å². The Morgan fingerprint density at radius 1 is 1.18 bits per heavy atom. The standard InChI is InChI=1S/C18H16FNO2/c19-15-7-3-1-5-13(15)9-10-18(21)20-16-11-12-22-17-8-4-2-6-14(16)17/h1-10,16H,11-12H2,(H,20,21)/b10-9+/t16-/m1/s1. The SMILES string of the molecule is O=C(/C=C/c1ccccc1F)N[C@@H]1CCOc2ccccc21. The number of fused-ring (bicyclic) bond motifs is 1. The summed E-state index contributed by atoms with van der Waals surface area (Å²) in [6.07, 6.45) is 3.56. The Morgan fingerprint density at radius 3 is 2.82 bits per heavy atom. The minimum Gasteiger partial charge on any atom is -0.493 e. The lowest BCUT2D eigenvalue weighted by atomic mass is 10.0. The van der Waals surface area contributed by atoms with Gasteiger partial charge in [-0.15, -0.1) is 0 Å².